The van der Waals surface area contributed by atoms with Crippen molar-refractivity contribution >= 4 is 15.5 Å². The number of ether oxygens (including phenoxy) is 2. The number of hydrogen-bond donors (Lipinski definition) is 0. The van der Waals surface area contributed by atoms with Crippen LogP contribution in [0.4, 0.5) is 0 Å². The molecule has 0 aromatic heterocycles. The van der Waals surface area contributed by atoms with Crippen LogP contribution < -0.4 is 9.47 Å². The Balaban J connectivity index is 3.32. The van der Waals surface area contributed by atoms with Crippen LogP contribution in [0.3, 0.4) is 0 Å². The fourth-order valence-electron chi connectivity index (χ4n) is 1.05. The third-order valence-corrected chi connectivity index (χ3v) is 2.97. The molecule has 1 rings (SSSR count). The first-order valence-corrected chi connectivity index (χ1v) is 5.52. The molecule has 0 bridgehead atoms. The maximum atomic E-state index is 11.2. The lowest BCUT2D eigenvalue weighted by Gasteiger charge is -2.07. The van der Waals surface area contributed by atoms with Crippen molar-refractivity contribution in [2.45, 2.75) is 4.90 Å². The zero-order valence-corrected chi connectivity index (χ0v) is 9.08. The van der Waals surface area contributed by atoms with Crippen molar-refractivity contribution in [3.63, 3.8) is 0 Å². The molecule has 0 saturated carbocycles. The zero-order chi connectivity index (χ0) is 11.5. The quantitative estimate of drug-likeness (QED) is 0.711. The molecule has 15 heavy (non-hydrogen) atoms. The van der Waals surface area contributed by atoms with Gasteiger partial charge in [-0.3, -0.25) is 4.79 Å². The van der Waals surface area contributed by atoms with Crippen LogP contribution in [-0.4, -0.2) is 28.3 Å². The molecule has 0 saturated heterocycles. The molecule has 5 nitrogen and oxygen atoms in total. The summed E-state index contributed by atoms with van der Waals surface area (Å²) in [6.45, 7) is 0. The molecule has 0 fully saturated rings. The molecule has 0 amide bonds. The van der Waals surface area contributed by atoms with E-state index in [0.717, 1.165) is 0 Å². The van der Waals surface area contributed by atoms with Crippen molar-refractivity contribution in [1.82, 2.24) is 0 Å². The van der Waals surface area contributed by atoms with Gasteiger partial charge in [-0.2, -0.15) is 0 Å². The summed E-state index contributed by atoms with van der Waals surface area (Å²) < 4.78 is 32.2. The van der Waals surface area contributed by atoms with E-state index in [9.17, 15) is 13.2 Å². The van der Waals surface area contributed by atoms with E-state index in [1.54, 1.807) is 0 Å². The normalized spacial score (nSPS) is 10.8. The van der Waals surface area contributed by atoms with Crippen LogP contribution >= 0.6 is 0 Å². The van der Waals surface area contributed by atoms with Crippen molar-refractivity contribution in [2.75, 3.05) is 14.2 Å². The molecule has 1 aromatic rings. The van der Waals surface area contributed by atoms with Gasteiger partial charge in [0.25, 0.3) is 0 Å². The largest absolute Gasteiger partial charge is 0.493 e. The van der Waals surface area contributed by atoms with Crippen molar-refractivity contribution < 1.29 is 22.7 Å². The van der Waals surface area contributed by atoms with Crippen LogP contribution in [-0.2, 0) is 14.6 Å². The summed E-state index contributed by atoms with van der Waals surface area (Å²) in [5.74, 6) is 0.669. The lowest BCUT2D eigenvalue weighted by molar-refractivity contribution is 0.354. The van der Waals surface area contributed by atoms with Gasteiger partial charge >= 0.3 is 0 Å². The monoisotopic (exact) mass is 230 g/mol. The number of benzene rings is 1. The van der Waals surface area contributed by atoms with Gasteiger partial charge in [0.15, 0.2) is 11.5 Å². The number of rotatable bonds is 4. The fourth-order valence-corrected chi connectivity index (χ4v) is 1.69. The Morgan fingerprint density at radius 2 is 1.73 bits per heavy atom. The summed E-state index contributed by atoms with van der Waals surface area (Å²) in [6.07, 6.45) is 0. The highest BCUT2D eigenvalue weighted by Gasteiger charge is 2.15. The van der Waals surface area contributed by atoms with Gasteiger partial charge in [-0.25, -0.2) is 8.42 Å². The molecular formula is C9H10O5S. The first-order chi connectivity index (χ1) is 7.05. The number of sulfone groups is 1. The first kappa shape index (κ1) is 11.5. The topological polar surface area (TPSA) is 69.7 Å². The van der Waals surface area contributed by atoms with Crippen molar-refractivity contribution in [1.29, 1.82) is 0 Å². The molecule has 0 unspecified atom stereocenters. The van der Waals surface area contributed by atoms with Crippen LogP contribution in [0.1, 0.15) is 0 Å². The Morgan fingerprint density at radius 3 is 2.20 bits per heavy atom. The van der Waals surface area contributed by atoms with Crippen molar-refractivity contribution in [2.24, 2.45) is 0 Å². The summed E-state index contributed by atoms with van der Waals surface area (Å²) >= 11 is 0. The van der Waals surface area contributed by atoms with E-state index in [4.69, 9.17) is 9.47 Å². The Hall–Kier alpha value is -1.56. The van der Waals surface area contributed by atoms with E-state index < -0.39 is 9.84 Å². The maximum Gasteiger partial charge on any atom is 0.238 e. The average molecular weight is 230 g/mol. The Labute approximate surface area is 87.5 Å². The van der Waals surface area contributed by atoms with Gasteiger partial charge in [-0.1, -0.05) is 0 Å². The van der Waals surface area contributed by atoms with Gasteiger partial charge in [0.05, 0.1) is 19.1 Å². The van der Waals surface area contributed by atoms with Gasteiger partial charge in [0, 0.05) is 6.07 Å². The van der Waals surface area contributed by atoms with Crippen LogP contribution in [0.25, 0.3) is 0 Å². The lowest BCUT2D eigenvalue weighted by atomic mass is 10.3. The minimum atomic E-state index is -3.87. The molecule has 0 N–H and O–H groups in total. The highest BCUT2D eigenvalue weighted by molar-refractivity contribution is 8.04. The SMILES string of the molecule is COc1ccc(S(=O)(=O)C=O)cc1OC. The predicted molar refractivity (Wildman–Crippen MR) is 53.5 cm³/mol. The first-order valence-electron chi connectivity index (χ1n) is 3.97. The van der Waals surface area contributed by atoms with E-state index >= 15 is 0 Å². The third kappa shape index (κ3) is 2.27. The summed E-state index contributed by atoms with van der Waals surface area (Å²) in [6, 6.07) is 3.95. The van der Waals surface area contributed by atoms with Gasteiger partial charge in [0.1, 0.15) is 0 Å². The lowest BCUT2D eigenvalue weighted by Crippen LogP contribution is -2.02. The van der Waals surface area contributed by atoms with Crippen LogP contribution in [0.2, 0.25) is 0 Å². The van der Waals surface area contributed by atoms with E-state index in [1.165, 1.54) is 32.4 Å². The van der Waals surface area contributed by atoms with Crippen molar-refractivity contribution in [3.8, 4) is 11.5 Å². The Kier molecular flexibility index (Phi) is 3.31. The Morgan fingerprint density at radius 1 is 1.13 bits per heavy atom. The fraction of sp³-hybridized carbons (Fsp3) is 0.222. The van der Waals surface area contributed by atoms with Crippen LogP contribution in [0, 0.1) is 0 Å². The van der Waals surface area contributed by atoms with Gasteiger partial charge in [-0.15, -0.1) is 0 Å². The Bertz CT molecular complexity index is 463. The number of methoxy groups -OCH3 is 2. The smallest absolute Gasteiger partial charge is 0.238 e. The summed E-state index contributed by atoms with van der Waals surface area (Å²) in [5.41, 5.74) is -0.103. The molecule has 0 aliphatic carbocycles. The average Bonchev–Trinajstić information content (AvgIpc) is 2.28. The second-order valence-corrected chi connectivity index (χ2v) is 4.41. The van der Waals surface area contributed by atoms with E-state index in [0.29, 0.717) is 5.75 Å². The molecule has 0 atom stereocenters. The van der Waals surface area contributed by atoms with E-state index in [1.807, 2.05) is 0 Å². The van der Waals surface area contributed by atoms with E-state index in [-0.39, 0.29) is 16.3 Å². The summed E-state index contributed by atoms with van der Waals surface area (Å²) in [5, 5.41) is 0. The molecule has 0 aliphatic rings. The van der Waals surface area contributed by atoms with Gasteiger partial charge < -0.3 is 9.47 Å². The minimum absolute atomic E-state index is 0.103. The summed E-state index contributed by atoms with van der Waals surface area (Å²) in [7, 11) is -1.05. The zero-order valence-electron chi connectivity index (χ0n) is 8.26. The number of carbonyl (C=O) groups is 1. The highest BCUT2D eigenvalue weighted by Crippen LogP contribution is 2.29. The second kappa shape index (κ2) is 4.31. The maximum absolute atomic E-state index is 11.2. The molecule has 0 aliphatic heterocycles. The standard InChI is InChI=1S/C9H10O5S/c1-13-8-4-3-7(5-9(8)14-2)15(11,12)6-10/h3-6H,1-2H3. The molecule has 0 radical (unpaired) electrons. The van der Waals surface area contributed by atoms with Gasteiger partial charge in [-0.05, 0) is 12.1 Å². The van der Waals surface area contributed by atoms with Crippen LogP contribution in [0.15, 0.2) is 23.1 Å². The third-order valence-electron chi connectivity index (χ3n) is 1.81. The molecule has 82 valence electrons. The number of hydrogen-bond acceptors (Lipinski definition) is 5. The predicted octanol–water partition coefficient (Wildman–Crippen LogP) is 0.668. The molecule has 0 heterocycles. The van der Waals surface area contributed by atoms with Crippen LogP contribution in [0.5, 0.6) is 11.5 Å². The second-order valence-electron chi connectivity index (χ2n) is 2.66. The minimum Gasteiger partial charge on any atom is -0.493 e. The summed E-state index contributed by atoms with van der Waals surface area (Å²) in [4.78, 5) is 10.2. The molecule has 1 aromatic carbocycles. The van der Waals surface area contributed by atoms with E-state index in [2.05, 4.69) is 0 Å². The van der Waals surface area contributed by atoms with Crippen molar-refractivity contribution in [3.05, 3.63) is 18.2 Å². The number of carbonyl (C=O) groups excluding carboxylic acids is 1. The molecule has 6 heteroatoms. The van der Waals surface area contributed by atoms with Gasteiger partial charge in [0.2, 0.25) is 15.5 Å². The molecule has 0 spiro atoms. The molecular weight excluding hydrogens is 220 g/mol. The highest BCUT2D eigenvalue weighted by atomic mass is 32.2.